The summed E-state index contributed by atoms with van der Waals surface area (Å²) in [6, 6.07) is 15.0. The van der Waals surface area contributed by atoms with Crippen LogP contribution in [0, 0.1) is 0 Å². The monoisotopic (exact) mass is 453 g/mol. The van der Waals surface area contributed by atoms with E-state index >= 15 is 0 Å². The number of aromatic amines is 1. The van der Waals surface area contributed by atoms with Gasteiger partial charge in [-0.15, -0.1) is 0 Å². The van der Waals surface area contributed by atoms with Crippen molar-refractivity contribution in [3.8, 4) is 5.88 Å². The number of aliphatic imine (C=N–C) groups is 1. The summed E-state index contributed by atoms with van der Waals surface area (Å²) in [6.07, 6.45) is -4.95. The van der Waals surface area contributed by atoms with Crippen LogP contribution < -0.4 is 0 Å². The second kappa shape index (κ2) is 8.93. The predicted octanol–water partition coefficient (Wildman–Crippen LogP) is 1.18. The Morgan fingerprint density at radius 3 is 2.70 bits per heavy atom. The van der Waals surface area contributed by atoms with Crippen molar-refractivity contribution in [2.45, 2.75) is 24.6 Å². The standard InChI is InChI=1S/C23H23N3O7/c27-16-11-32-23(21(29)20(16)28)31-9-10-33-26-18-13-6-2-4-8-15(13)24-19(18)17-12-5-1-3-7-14(12)25-22(17)30/h1-8,16,20-21,23,25,27-30H,9-11H2/b26-18+/t16-,20-,21+,23-/m1/s1. The van der Waals surface area contributed by atoms with Crippen molar-refractivity contribution in [1.29, 1.82) is 0 Å². The van der Waals surface area contributed by atoms with E-state index < -0.39 is 24.6 Å². The number of hydrogen-bond acceptors (Lipinski definition) is 9. The molecule has 1 fully saturated rings. The Morgan fingerprint density at radius 2 is 1.82 bits per heavy atom. The molecule has 1 aromatic heterocycles. The van der Waals surface area contributed by atoms with Crippen molar-refractivity contribution in [1.82, 2.24) is 4.98 Å². The lowest BCUT2D eigenvalue weighted by molar-refractivity contribution is -0.271. The third kappa shape index (κ3) is 3.99. The van der Waals surface area contributed by atoms with Gasteiger partial charge in [-0.05, 0) is 12.1 Å². The molecule has 10 heteroatoms. The minimum absolute atomic E-state index is 0.0111. The van der Waals surface area contributed by atoms with E-state index in [1.165, 1.54) is 0 Å². The highest BCUT2D eigenvalue weighted by atomic mass is 16.7. The fourth-order valence-corrected chi connectivity index (χ4v) is 3.94. The summed E-state index contributed by atoms with van der Waals surface area (Å²) >= 11 is 0. The first kappa shape index (κ1) is 21.6. The molecule has 5 N–H and O–H groups in total. The summed E-state index contributed by atoms with van der Waals surface area (Å²) in [5.41, 5.74) is 3.74. The van der Waals surface area contributed by atoms with Gasteiger partial charge in [0.15, 0.2) is 12.2 Å². The molecule has 10 nitrogen and oxygen atoms in total. The maximum absolute atomic E-state index is 10.6. The summed E-state index contributed by atoms with van der Waals surface area (Å²) in [4.78, 5) is 13.1. The molecule has 1 saturated heterocycles. The quantitative estimate of drug-likeness (QED) is 0.278. The number of aromatic nitrogens is 1. The van der Waals surface area contributed by atoms with Crippen LogP contribution in [0.2, 0.25) is 0 Å². The molecule has 0 amide bonds. The highest BCUT2D eigenvalue weighted by molar-refractivity contribution is 6.58. The fourth-order valence-electron chi connectivity index (χ4n) is 3.94. The van der Waals surface area contributed by atoms with Crippen LogP contribution in [0.5, 0.6) is 5.88 Å². The number of nitrogens with zero attached hydrogens (tertiary/aromatic N) is 2. The van der Waals surface area contributed by atoms with Crippen LogP contribution in [0.3, 0.4) is 0 Å². The minimum Gasteiger partial charge on any atom is -0.494 e. The molecular formula is C23H23N3O7. The summed E-state index contributed by atoms with van der Waals surface area (Å²) in [5, 5.41) is 44.8. The number of benzene rings is 2. The Bertz CT molecular complexity index is 1220. The lowest BCUT2D eigenvalue weighted by Crippen LogP contribution is -2.53. The Hall–Kier alpha value is -3.28. The average Bonchev–Trinajstić information content (AvgIpc) is 3.34. The third-order valence-corrected chi connectivity index (χ3v) is 5.61. The van der Waals surface area contributed by atoms with Gasteiger partial charge in [0, 0.05) is 16.5 Å². The zero-order valence-corrected chi connectivity index (χ0v) is 17.5. The summed E-state index contributed by atoms with van der Waals surface area (Å²) in [6.45, 7) is -0.0887. The molecule has 2 aromatic carbocycles. The van der Waals surface area contributed by atoms with Crippen LogP contribution >= 0.6 is 0 Å². The topological polar surface area (TPSA) is 149 Å². The molecule has 2 aliphatic heterocycles. The molecule has 0 spiro atoms. The van der Waals surface area contributed by atoms with E-state index in [1.807, 2.05) is 48.5 Å². The Labute approximate surface area is 188 Å². The van der Waals surface area contributed by atoms with Gasteiger partial charge >= 0.3 is 0 Å². The lowest BCUT2D eigenvalue weighted by Gasteiger charge is -2.34. The molecule has 0 saturated carbocycles. The second-order valence-corrected chi connectivity index (χ2v) is 7.77. The molecule has 33 heavy (non-hydrogen) atoms. The molecule has 2 aliphatic rings. The minimum atomic E-state index is -1.37. The summed E-state index contributed by atoms with van der Waals surface area (Å²) in [5.74, 6) is -0.0111. The second-order valence-electron chi connectivity index (χ2n) is 7.77. The number of nitrogens with one attached hydrogen (secondary N) is 1. The number of fused-ring (bicyclic) bond motifs is 2. The first-order valence-electron chi connectivity index (χ1n) is 10.5. The number of rotatable bonds is 6. The zero-order valence-electron chi connectivity index (χ0n) is 17.5. The van der Waals surface area contributed by atoms with Gasteiger partial charge in [-0.2, -0.15) is 0 Å². The van der Waals surface area contributed by atoms with E-state index in [-0.39, 0.29) is 25.7 Å². The van der Waals surface area contributed by atoms with Gasteiger partial charge in [0.2, 0.25) is 0 Å². The first-order chi connectivity index (χ1) is 16.0. The van der Waals surface area contributed by atoms with E-state index in [0.717, 1.165) is 16.5 Å². The van der Waals surface area contributed by atoms with E-state index in [4.69, 9.17) is 14.3 Å². The van der Waals surface area contributed by atoms with E-state index in [1.54, 1.807) is 0 Å². The number of oxime groups is 1. The zero-order chi connectivity index (χ0) is 22.9. The number of aliphatic hydroxyl groups is 3. The SMILES string of the molecule is Oc1[nH]c2ccccc2c1C1=Nc2ccccc2/C1=N\OCCO[C@@H]1OC[C@@H](O)[C@@H](O)[C@@H]1O. The van der Waals surface area contributed by atoms with Crippen LogP contribution in [0.15, 0.2) is 58.7 Å². The molecule has 172 valence electrons. The molecule has 5 rings (SSSR count). The van der Waals surface area contributed by atoms with Gasteiger partial charge in [0.25, 0.3) is 0 Å². The molecule has 3 aromatic rings. The summed E-state index contributed by atoms with van der Waals surface area (Å²) in [7, 11) is 0. The van der Waals surface area contributed by atoms with Crippen molar-refractivity contribution in [3.63, 3.8) is 0 Å². The van der Waals surface area contributed by atoms with Crippen molar-refractivity contribution >= 4 is 28.0 Å². The van der Waals surface area contributed by atoms with E-state index in [2.05, 4.69) is 15.1 Å². The van der Waals surface area contributed by atoms with E-state index in [9.17, 15) is 20.4 Å². The normalized spacial score (nSPS) is 25.9. The van der Waals surface area contributed by atoms with Gasteiger partial charge < -0.3 is 39.7 Å². The van der Waals surface area contributed by atoms with Gasteiger partial charge in [0.05, 0.1) is 24.5 Å². The molecule has 0 aliphatic carbocycles. The molecule has 0 radical (unpaired) electrons. The number of H-pyrrole nitrogens is 1. The third-order valence-electron chi connectivity index (χ3n) is 5.61. The predicted molar refractivity (Wildman–Crippen MR) is 119 cm³/mol. The van der Waals surface area contributed by atoms with Crippen molar-refractivity contribution < 1.29 is 34.7 Å². The highest BCUT2D eigenvalue weighted by Gasteiger charge is 2.38. The van der Waals surface area contributed by atoms with Gasteiger partial charge in [-0.3, -0.25) is 0 Å². The maximum Gasteiger partial charge on any atom is 0.199 e. The van der Waals surface area contributed by atoms with Crippen LogP contribution in [-0.4, -0.2) is 81.3 Å². The van der Waals surface area contributed by atoms with Gasteiger partial charge in [-0.25, -0.2) is 4.99 Å². The van der Waals surface area contributed by atoms with Crippen LogP contribution in [0.4, 0.5) is 5.69 Å². The van der Waals surface area contributed by atoms with Gasteiger partial charge in [-0.1, -0.05) is 41.6 Å². The van der Waals surface area contributed by atoms with Crippen molar-refractivity contribution in [2.75, 3.05) is 19.8 Å². The number of aromatic hydroxyl groups is 1. The lowest BCUT2D eigenvalue weighted by atomic mass is 10.0. The first-order valence-corrected chi connectivity index (χ1v) is 10.5. The van der Waals surface area contributed by atoms with Crippen LogP contribution in [-0.2, 0) is 14.3 Å². The molecule has 4 atom stereocenters. The molecule has 0 bridgehead atoms. The maximum atomic E-state index is 10.6. The molecule has 0 unspecified atom stereocenters. The van der Waals surface area contributed by atoms with Crippen LogP contribution in [0.1, 0.15) is 11.1 Å². The number of aliphatic hydroxyl groups excluding tert-OH is 3. The largest absolute Gasteiger partial charge is 0.494 e. The fraction of sp³-hybridized carbons (Fsp3) is 0.304. The highest BCUT2D eigenvalue weighted by Crippen LogP contribution is 2.35. The average molecular weight is 453 g/mol. The smallest absolute Gasteiger partial charge is 0.199 e. The van der Waals surface area contributed by atoms with Crippen LogP contribution in [0.25, 0.3) is 10.9 Å². The Kier molecular flexibility index (Phi) is 5.83. The van der Waals surface area contributed by atoms with Crippen molar-refractivity contribution in [2.24, 2.45) is 10.1 Å². The summed E-state index contributed by atoms with van der Waals surface area (Å²) < 4.78 is 10.6. The number of para-hydroxylation sites is 2. The Balaban J connectivity index is 1.33. The number of hydrogen-bond donors (Lipinski definition) is 5. The molecular weight excluding hydrogens is 430 g/mol. The van der Waals surface area contributed by atoms with Crippen molar-refractivity contribution in [3.05, 3.63) is 59.7 Å². The number of ether oxygens (including phenoxy) is 2. The Morgan fingerprint density at radius 1 is 1.03 bits per heavy atom. The van der Waals surface area contributed by atoms with E-state index in [0.29, 0.717) is 22.7 Å². The van der Waals surface area contributed by atoms with Gasteiger partial charge in [0.1, 0.15) is 36.3 Å². The molecule has 3 heterocycles.